The molecule has 1 N–H and O–H groups in total. The third-order valence-electron chi connectivity index (χ3n) is 2.67. The van der Waals surface area contributed by atoms with Crippen molar-refractivity contribution < 1.29 is 14.3 Å². The summed E-state index contributed by atoms with van der Waals surface area (Å²) < 4.78 is 5.97. The van der Waals surface area contributed by atoms with E-state index in [0.717, 1.165) is 18.0 Å². The second-order valence-electron chi connectivity index (χ2n) is 3.98. The van der Waals surface area contributed by atoms with Gasteiger partial charge in [0.25, 0.3) is 0 Å². The summed E-state index contributed by atoms with van der Waals surface area (Å²) in [6.45, 7) is 1.22. The second kappa shape index (κ2) is 5.84. The Labute approximate surface area is 110 Å². The monoisotopic (exact) mass is 267 g/mol. The summed E-state index contributed by atoms with van der Waals surface area (Å²) in [7, 11) is 1.68. The predicted molar refractivity (Wildman–Crippen MR) is 64.0 cm³/mol. The van der Waals surface area contributed by atoms with E-state index in [-0.39, 0.29) is 0 Å². The third kappa shape index (κ3) is 3.21. The zero-order valence-corrected chi connectivity index (χ0v) is 10.8. The molecule has 2 rings (SSSR count). The normalized spacial score (nSPS) is 10.8. The van der Waals surface area contributed by atoms with Crippen molar-refractivity contribution in [1.82, 2.24) is 10.6 Å². The highest BCUT2D eigenvalue weighted by Gasteiger charge is 2.11. The Kier molecular flexibility index (Phi) is 4.17. The summed E-state index contributed by atoms with van der Waals surface area (Å²) in [6, 6.07) is 7.71. The molecule has 1 aromatic carbocycles. The zero-order valence-electron chi connectivity index (χ0n) is 10.0. The number of hydrogen-bond acceptors (Lipinski definition) is 4. The van der Waals surface area contributed by atoms with E-state index in [9.17, 15) is 5.11 Å². The Morgan fingerprint density at radius 3 is 2.72 bits per heavy atom. The maximum Gasteiger partial charge on any atom is 0.246 e. The molecule has 0 amide bonds. The molecule has 0 unspecified atom stereocenters. The molecule has 0 radical (unpaired) electrons. The lowest BCUT2D eigenvalue weighted by Gasteiger charge is -2.03. The van der Waals surface area contributed by atoms with Crippen molar-refractivity contribution in [3.63, 3.8) is 0 Å². The van der Waals surface area contributed by atoms with E-state index in [0.29, 0.717) is 12.2 Å². The lowest BCUT2D eigenvalue weighted by Crippen LogP contribution is -2.37. The van der Waals surface area contributed by atoms with Gasteiger partial charge in [-0.25, -0.2) is 0 Å². The Morgan fingerprint density at radius 1 is 1.39 bits per heavy atom. The maximum atomic E-state index is 11.2. The van der Waals surface area contributed by atoms with Crippen LogP contribution in [-0.4, -0.2) is 11.8 Å². The molecule has 1 heterocycles. The van der Waals surface area contributed by atoms with Crippen LogP contribution in [0.5, 0.6) is 5.95 Å². The van der Waals surface area contributed by atoms with Gasteiger partial charge in [-0.2, -0.15) is 0 Å². The first kappa shape index (κ1) is 12.9. The quantitative estimate of drug-likeness (QED) is 0.635. The molecule has 2 aromatic rings. The maximum absolute atomic E-state index is 11.2. The molecule has 0 spiro atoms. The number of nitrogens with zero attached hydrogens (tertiary/aromatic N) is 2. The van der Waals surface area contributed by atoms with E-state index in [4.69, 9.17) is 11.6 Å². The summed E-state index contributed by atoms with van der Waals surface area (Å²) >= 11 is 5.80. The van der Waals surface area contributed by atoms with Gasteiger partial charge in [-0.05, 0) is 30.7 Å². The fraction of sp³-hybridized carbons (Fsp3) is 0.333. The Bertz CT molecular complexity index is 491. The van der Waals surface area contributed by atoms with Crippen molar-refractivity contribution in [3.8, 4) is 5.95 Å². The van der Waals surface area contributed by atoms with E-state index < -0.39 is 5.95 Å². The van der Waals surface area contributed by atoms with Crippen LogP contribution >= 0.6 is 11.6 Å². The second-order valence-corrected chi connectivity index (χ2v) is 4.42. The van der Waals surface area contributed by atoms with Crippen LogP contribution in [-0.2, 0) is 20.0 Å². The first-order valence-electron chi connectivity index (χ1n) is 5.64. The van der Waals surface area contributed by atoms with Crippen molar-refractivity contribution in [2.75, 3.05) is 6.54 Å². The molecular weight excluding hydrogens is 254 g/mol. The minimum atomic E-state index is -0.392. The zero-order chi connectivity index (χ0) is 13.0. The molecule has 6 heteroatoms. The summed E-state index contributed by atoms with van der Waals surface area (Å²) in [5, 5.41) is 18.7. The minimum absolute atomic E-state index is 0.392. The summed E-state index contributed by atoms with van der Waals surface area (Å²) in [4.78, 5) is 0. The van der Waals surface area contributed by atoms with Gasteiger partial charge in [0.15, 0.2) is 13.0 Å². The summed E-state index contributed by atoms with van der Waals surface area (Å²) in [6.07, 6.45) is 0.875. The molecule has 5 nitrogen and oxygen atoms in total. The predicted octanol–water partition coefficient (Wildman–Crippen LogP) is 0.558. The molecule has 0 aliphatic heterocycles. The van der Waals surface area contributed by atoms with Gasteiger partial charge in [0.1, 0.15) is 0 Å². The number of nitrogens with one attached hydrogen (secondary N) is 1. The standard InChI is InChI=1S/C12H14ClN3O2/c1-16-11(12(17)18-15-16)8-14-7-6-9-2-4-10(13)5-3-9/h2-5,14H,6-8H2,1H3. The van der Waals surface area contributed by atoms with Gasteiger partial charge in [0.2, 0.25) is 5.69 Å². The molecule has 18 heavy (non-hydrogen) atoms. The van der Waals surface area contributed by atoms with Crippen LogP contribution in [0.4, 0.5) is 0 Å². The van der Waals surface area contributed by atoms with Gasteiger partial charge in [-0.3, -0.25) is 0 Å². The van der Waals surface area contributed by atoms with Crippen LogP contribution in [0.2, 0.25) is 5.02 Å². The van der Waals surface area contributed by atoms with E-state index in [2.05, 4.69) is 15.1 Å². The molecule has 0 saturated carbocycles. The number of aromatic nitrogens is 2. The smallest absolute Gasteiger partial charge is 0.246 e. The SMILES string of the molecule is C[n+]1noc([O-])c1CNCCc1ccc(Cl)cc1. The van der Waals surface area contributed by atoms with E-state index in [1.807, 2.05) is 24.3 Å². The molecule has 1 aromatic heterocycles. The largest absolute Gasteiger partial charge is 0.539 e. The van der Waals surface area contributed by atoms with Crippen LogP contribution in [0.1, 0.15) is 11.3 Å². The van der Waals surface area contributed by atoms with Crippen molar-refractivity contribution >= 4 is 11.6 Å². The van der Waals surface area contributed by atoms with Crippen LogP contribution in [0.15, 0.2) is 28.8 Å². The van der Waals surface area contributed by atoms with Crippen LogP contribution < -0.4 is 15.1 Å². The summed E-state index contributed by atoms with van der Waals surface area (Å²) in [5.41, 5.74) is 1.72. The third-order valence-corrected chi connectivity index (χ3v) is 2.92. The number of hydrogen-bond donors (Lipinski definition) is 1. The van der Waals surface area contributed by atoms with Crippen LogP contribution in [0, 0.1) is 0 Å². The Balaban J connectivity index is 1.78. The molecule has 0 bridgehead atoms. The van der Waals surface area contributed by atoms with Gasteiger partial charge >= 0.3 is 0 Å². The number of halogens is 1. The average Bonchev–Trinajstić information content (AvgIpc) is 2.68. The van der Waals surface area contributed by atoms with Gasteiger partial charge in [-0.1, -0.05) is 28.4 Å². The highest BCUT2D eigenvalue weighted by atomic mass is 35.5. The molecule has 0 saturated heterocycles. The van der Waals surface area contributed by atoms with Crippen molar-refractivity contribution in [1.29, 1.82) is 0 Å². The van der Waals surface area contributed by atoms with E-state index >= 15 is 0 Å². The Morgan fingerprint density at radius 2 is 2.11 bits per heavy atom. The van der Waals surface area contributed by atoms with Crippen LogP contribution in [0.25, 0.3) is 0 Å². The number of rotatable bonds is 5. The fourth-order valence-electron chi connectivity index (χ4n) is 1.61. The highest BCUT2D eigenvalue weighted by Crippen LogP contribution is 2.09. The van der Waals surface area contributed by atoms with Gasteiger partial charge in [-0.15, -0.1) is 0 Å². The molecule has 0 aliphatic carbocycles. The molecule has 0 aliphatic rings. The topological polar surface area (TPSA) is 65.0 Å². The minimum Gasteiger partial charge on any atom is -0.539 e. The number of benzene rings is 1. The summed E-state index contributed by atoms with van der Waals surface area (Å²) in [5.74, 6) is -0.392. The van der Waals surface area contributed by atoms with Crippen molar-refractivity contribution in [2.45, 2.75) is 13.0 Å². The van der Waals surface area contributed by atoms with E-state index in [1.165, 1.54) is 10.2 Å². The average molecular weight is 268 g/mol. The van der Waals surface area contributed by atoms with Crippen LogP contribution in [0.3, 0.4) is 0 Å². The van der Waals surface area contributed by atoms with Crippen molar-refractivity contribution in [2.24, 2.45) is 7.05 Å². The van der Waals surface area contributed by atoms with Gasteiger partial charge in [0.05, 0.1) is 11.8 Å². The Hall–Kier alpha value is -1.59. The van der Waals surface area contributed by atoms with Gasteiger partial charge in [0, 0.05) is 5.02 Å². The lowest BCUT2D eigenvalue weighted by molar-refractivity contribution is -0.746. The van der Waals surface area contributed by atoms with E-state index in [1.54, 1.807) is 7.05 Å². The fourth-order valence-corrected chi connectivity index (χ4v) is 1.74. The molecule has 0 fully saturated rings. The van der Waals surface area contributed by atoms with Gasteiger partial charge < -0.3 is 14.9 Å². The van der Waals surface area contributed by atoms with Crippen molar-refractivity contribution in [3.05, 3.63) is 40.5 Å². The molecule has 0 atom stereocenters. The molecule has 96 valence electrons. The highest BCUT2D eigenvalue weighted by molar-refractivity contribution is 6.30. The first-order valence-corrected chi connectivity index (χ1v) is 6.01. The first-order chi connectivity index (χ1) is 8.66. The molecular formula is C12H14ClN3O2. The lowest BCUT2D eigenvalue weighted by atomic mass is 10.1. The number of aryl methyl sites for hydroxylation is 1.